The Hall–Kier alpha value is -3.06. The molecule has 7 nitrogen and oxygen atoms in total. The predicted molar refractivity (Wildman–Crippen MR) is 101 cm³/mol. The lowest BCUT2D eigenvalue weighted by atomic mass is 10.1. The van der Waals surface area contributed by atoms with Crippen LogP contribution in [0.25, 0.3) is 10.9 Å². The van der Waals surface area contributed by atoms with Gasteiger partial charge in [0.25, 0.3) is 5.91 Å². The number of fused-ring (bicyclic) bond motifs is 1. The number of hydrogen-bond donors (Lipinski definition) is 1. The standard InChI is InChI=1S/C19H20N6O/c1-24-8-10-25(11-9-24)18-12-14(2-6-22-18)23-19(26)15-3-7-21-17-4-5-20-13-16(15)17/h2-7,12-13H,8-11H2,1H3,(H,22,23,26). The van der Waals surface area contributed by atoms with Crippen molar-refractivity contribution >= 4 is 28.3 Å². The van der Waals surface area contributed by atoms with Gasteiger partial charge in [-0.2, -0.15) is 0 Å². The molecule has 1 aliphatic heterocycles. The van der Waals surface area contributed by atoms with Crippen LogP contribution in [0.3, 0.4) is 0 Å². The largest absolute Gasteiger partial charge is 0.354 e. The van der Waals surface area contributed by atoms with Crippen LogP contribution >= 0.6 is 0 Å². The highest BCUT2D eigenvalue weighted by Gasteiger charge is 2.16. The van der Waals surface area contributed by atoms with E-state index in [0.717, 1.165) is 48.6 Å². The van der Waals surface area contributed by atoms with E-state index >= 15 is 0 Å². The van der Waals surface area contributed by atoms with Crippen LogP contribution < -0.4 is 10.2 Å². The number of carbonyl (C=O) groups is 1. The molecule has 1 aliphatic rings. The molecule has 0 saturated carbocycles. The summed E-state index contributed by atoms with van der Waals surface area (Å²) in [6.45, 7) is 3.88. The second-order valence-corrected chi connectivity index (χ2v) is 6.40. The van der Waals surface area contributed by atoms with Gasteiger partial charge >= 0.3 is 0 Å². The molecule has 1 saturated heterocycles. The Morgan fingerprint density at radius 1 is 1.04 bits per heavy atom. The van der Waals surface area contributed by atoms with Crippen molar-refractivity contribution in [1.29, 1.82) is 0 Å². The summed E-state index contributed by atoms with van der Waals surface area (Å²) in [5, 5.41) is 3.70. The molecule has 1 N–H and O–H groups in total. The second kappa shape index (κ2) is 7.05. The maximum Gasteiger partial charge on any atom is 0.256 e. The van der Waals surface area contributed by atoms with Gasteiger partial charge in [0.1, 0.15) is 5.82 Å². The van der Waals surface area contributed by atoms with E-state index < -0.39 is 0 Å². The summed E-state index contributed by atoms with van der Waals surface area (Å²) in [6, 6.07) is 7.23. The zero-order valence-corrected chi connectivity index (χ0v) is 14.6. The zero-order valence-electron chi connectivity index (χ0n) is 14.6. The molecule has 0 radical (unpaired) electrons. The Morgan fingerprint density at radius 2 is 1.85 bits per heavy atom. The predicted octanol–water partition coefficient (Wildman–Crippen LogP) is 2.03. The number of piperazine rings is 1. The SMILES string of the molecule is CN1CCN(c2cc(NC(=O)c3ccnc4ccncc34)ccn2)CC1. The van der Waals surface area contributed by atoms with E-state index in [4.69, 9.17) is 0 Å². The molecule has 1 amide bonds. The highest BCUT2D eigenvalue weighted by Crippen LogP contribution is 2.20. The third-order valence-corrected chi connectivity index (χ3v) is 4.62. The maximum atomic E-state index is 12.8. The molecule has 7 heteroatoms. The van der Waals surface area contributed by atoms with Crippen molar-refractivity contribution in [3.05, 3.63) is 54.6 Å². The molecule has 132 valence electrons. The third kappa shape index (κ3) is 3.34. The molecule has 0 aliphatic carbocycles. The van der Waals surface area contributed by atoms with Gasteiger partial charge in [0.05, 0.1) is 11.1 Å². The number of nitrogens with one attached hydrogen (secondary N) is 1. The molecule has 0 unspecified atom stereocenters. The summed E-state index contributed by atoms with van der Waals surface area (Å²) in [5.74, 6) is 0.707. The van der Waals surface area contributed by atoms with Gasteiger partial charge in [-0.25, -0.2) is 4.98 Å². The summed E-state index contributed by atoms with van der Waals surface area (Å²) in [6.07, 6.45) is 6.70. The molecule has 26 heavy (non-hydrogen) atoms. The Balaban J connectivity index is 1.55. The maximum absolute atomic E-state index is 12.8. The van der Waals surface area contributed by atoms with E-state index in [1.165, 1.54) is 0 Å². The Labute approximate surface area is 151 Å². The average Bonchev–Trinajstić information content (AvgIpc) is 2.68. The van der Waals surface area contributed by atoms with Crippen LogP contribution in [0.5, 0.6) is 0 Å². The van der Waals surface area contributed by atoms with Crippen molar-refractivity contribution in [3.63, 3.8) is 0 Å². The number of pyridine rings is 3. The van der Waals surface area contributed by atoms with Crippen molar-refractivity contribution in [1.82, 2.24) is 19.9 Å². The minimum atomic E-state index is -0.180. The van der Waals surface area contributed by atoms with Crippen molar-refractivity contribution < 1.29 is 4.79 Å². The fourth-order valence-corrected chi connectivity index (χ4v) is 3.09. The summed E-state index contributed by atoms with van der Waals surface area (Å²) in [7, 11) is 2.12. The first-order chi connectivity index (χ1) is 12.7. The number of carbonyl (C=O) groups excluding carboxylic acids is 1. The zero-order chi connectivity index (χ0) is 17.9. The van der Waals surface area contributed by atoms with Gasteiger partial charge < -0.3 is 15.1 Å². The van der Waals surface area contributed by atoms with Gasteiger partial charge in [0.15, 0.2) is 0 Å². The van der Waals surface area contributed by atoms with Gasteiger partial charge in [-0.3, -0.25) is 14.8 Å². The molecular formula is C19H20N6O. The molecule has 4 heterocycles. The topological polar surface area (TPSA) is 74.2 Å². The van der Waals surface area contributed by atoms with Crippen LogP contribution in [0.4, 0.5) is 11.5 Å². The van der Waals surface area contributed by atoms with E-state index in [1.807, 2.05) is 6.07 Å². The van der Waals surface area contributed by atoms with Crippen molar-refractivity contribution in [2.45, 2.75) is 0 Å². The summed E-state index contributed by atoms with van der Waals surface area (Å²) >= 11 is 0. The van der Waals surface area contributed by atoms with Crippen LogP contribution in [-0.4, -0.2) is 59.0 Å². The number of anilines is 2. The van der Waals surface area contributed by atoms with Crippen LogP contribution in [0, 0.1) is 0 Å². The lowest BCUT2D eigenvalue weighted by Crippen LogP contribution is -2.44. The number of amides is 1. The van der Waals surface area contributed by atoms with Crippen LogP contribution in [0.15, 0.2) is 49.1 Å². The van der Waals surface area contributed by atoms with Gasteiger partial charge in [0, 0.05) is 68.1 Å². The Morgan fingerprint density at radius 3 is 2.69 bits per heavy atom. The first-order valence-corrected chi connectivity index (χ1v) is 8.60. The number of nitrogens with zero attached hydrogens (tertiary/aromatic N) is 5. The first kappa shape index (κ1) is 16.4. The van der Waals surface area contributed by atoms with Gasteiger partial charge in [-0.05, 0) is 25.2 Å². The summed E-state index contributed by atoms with van der Waals surface area (Å²) in [5.41, 5.74) is 2.04. The third-order valence-electron chi connectivity index (χ3n) is 4.62. The molecule has 4 rings (SSSR count). The lowest BCUT2D eigenvalue weighted by molar-refractivity contribution is 0.102. The molecular weight excluding hydrogens is 328 g/mol. The highest BCUT2D eigenvalue weighted by atomic mass is 16.1. The van der Waals surface area contributed by atoms with Crippen molar-refractivity contribution in [3.8, 4) is 0 Å². The summed E-state index contributed by atoms with van der Waals surface area (Å²) < 4.78 is 0. The van der Waals surface area contributed by atoms with Crippen molar-refractivity contribution in [2.24, 2.45) is 0 Å². The minimum Gasteiger partial charge on any atom is -0.354 e. The molecule has 3 aromatic rings. The van der Waals surface area contributed by atoms with Gasteiger partial charge in [0.2, 0.25) is 0 Å². The normalized spacial score (nSPS) is 15.2. The number of likely N-dealkylation sites (N-methyl/N-ethyl adjacent to an activating group) is 1. The molecule has 3 aromatic heterocycles. The van der Waals surface area contributed by atoms with Crippen LogP contribution in [-0.2, 0) is 0 Å². The number of hydrogen-bond acceptors (Lipinski definition) is 6. The van der Waals surface area contributed by atoms with Crippen molar-refractivity contribution in [2.75, 3.05) is 43.4 Å². The molecule has 0 aromatic carbocycles. The number of rotatable bonds is 3. The fraction of sp³-hybridized carbons (Fsp3) is 0.263. The number of aromatic nitrogens is 3. The minimum absolute atomic E-state index is 0.180. The fourth-order valence-electron chi connectivity index (χ4n) is 3.09. The molecule has 1 fully saturated rings. The Bertz CT molecular complexity index is 931. The molecule has 0 spiro atoms. The lowest BCUT2D eigenvalue weighted by Gasteiger charge is -2.33. The van der Waals surface area contributed by atoms with E-state index in [1.54, 1.807) is 43.0 Å². The molecule has 0 atom stereocenters. The first-order valence-electron chi connectivity index (χ1n) is 8.60. The smallest absolute Gasteiger partial charge is 0.256 e. The average molecular weight is 348 g/mol. The van der Waals surface area contributed by atoms with Crippen LogP contribution in [0.1, 0.15) is 10.4 Å². The van der Waals surface area contributed by atoms with E-state index in [2.05, 4.69) is 37.1 Å². The van der Waals surface area contributed by atoms with Gasteiger partial charge in [-0.15, -0.1) is 0 Å². The molecule has 0 bridgehead atoms. The van der Waals surface area contributed by atoms with E-state index in [-0.39, 0.29) is 5.91 Å². The summed E-state index contributed by atoms with van der Waals surface area (Å²) in [4.78, 5) is 30.1. The van der Waals surface area contributed by atoms with Crippen LogP contribution in [0.2, 0.25) is 0 Å². The monoisotopic (exact) mass is 348 g/mol. The van der Waals surface area contributed by atoms with E-state index in [0.29, 0.717) is 5.56 Å². The second-order valence-electron chi connectivity index (χ2n) is 6.40. The quantitative estimate of drug-likeness (QED) is 0.781. The van der Waals surface area contributed by atoms with Gasteiger partial charge in [-0.1, -0.05) is 0 Å². The van der Waals surface area contributed by atoms with E-state index in [9.17, 15) is 4.79 Å². The highest BCUT2D eigenvalue weighted by molar-refractivity contribution is 6.12. The Kier molecular flexibility index (Phi) is 4.45.